The number of nitro benzene ring substituents is 1. The van der Waals surface area contributed by atoms with Crippen molar-refractivity contribution in [1.29, 1.82) is 0 Å². The topological polar surface area (TPSA) is 108 Å². The number of esters is 2. The van der Waals surface area contributed by atoms with E-state index < -0.39 is 39.7 Å². The molecule has 0 amide bonds. The van der Waals surface area contributed by atoms with Crippen molar-refractivity contribution in [2.75, 3.05) is 5.32 Å². The highest BCUT2D eigenvalue weighted by atomic mass is 19.1. The van der Waals surface area contributed by atoms with E-state index in [0.717, 1.165) is 24.4 Å². The van der Waals surface area contributed by atoms with Gasteiger partial charge in [-0.1, -0.05) is 0 Å². The van der Waals surface area contributed by atoms with Crippen LogP contribution < -0.4 is 5.32 Å². The Labute approximate surface area is 123 Å². The second kappa shape index (κ2) is 5.43. The quantitative estimate of drug-likeness (QED) is 0.298. The molecule has 0 radical (unpaired) electrons. The summed E-state index contributed by atoms with van der Waals surface area (Å²) in [6.45, 7) is 2.76. The first-order valence-corrected chi connectivity index (χ1v) is 6.07. The number of rotatable bonds is 3. The van der Waals surface area contributed by atoms with Crippen molar-refractivity contribution < 1.29 is 28.4 Å². The number of cyclic esters (lactones) is 2. The van der Waals surface area contributed by atoms with Crippen molar-refractivity contribution in [1.82, 2.24) is 0 Å². The van der Waals surface area contributed by atoms with Gasteiger partial charge in [-0.05, 0) is 6.07 Å². The SMILES string of the molecule is CC1(C)OC(=O)C(=CNc2cc(F)ccc2[N+](=O)[O-])C(=O)O1. The van der Waals surface area contributed by atoms with E-state index in [-0.39, 0.29) is 5.69 Å². The van der Waals surface area contributed by atoms with Gasteiger partial charge in [-0.15, -0.1) is 0 Å². The Morgan fingerprint density at radius 1 is 1.27 bits per heavy atom. The van der Waals surface area contributed by atoms with E-state index in [9.17, 15) is 24.1 Å². The molecule has 1 aromatic rings. The molecule has 22 heavy (non-hydrogen) atoms. The fourth-order valence-electron chi connectivity index (χ4n) is 1.71. The summed E-state index contributed by atoms with van der Waals surface area (Å²) in [5, 5.41) is 13.2. The minimum Gasteiger partial charge on any atom is -0.419 e. The largest absolute Gasteiger partial charge is 0.419 e. The summed E-state index contributed by atoms with van der Waals surface area (Å²) in [6.07, 6.45) is 0.877. The zero-order chi connectivity index (χ0) is 16.5. The van der Waals surface area contributed by atoms with Crippen LogP contribution in [0.4, 0.5) is 15.8 Å². The number of carbonyl (C=O) groups excluding carboxylic acids is 2. The molecule has 1 heterocycles. The van der Waals surface area contributed by atoms with E-state index in [0.29, 0.717) is 0 Å². The second-order valence-corrected chi connectivity index (χ2v) is 4.80. The van der Waals surface area contributed by atoms with Crippen molar-refractivity contribution in [2.24, 2.45) is 0 Å². The molecule has 0 atom stereocenters. The van der Waals surface area contributed by atoms with Crippen molar-refractivity contribution in [3.05, 3.63) is 45.9 Å². The maximum absolute atomic E-state index is 13.2. The van der Waals surface area contributed by atoms with Gasteiger partial charge in [0.05, 0.1) is 4.92 Å². The number of benzene rings is 1. The summed E-state index contributed by atoms with van der Waals surface area (Å²) in [7, 11) is 0. The Kier molecular flexibility index (Phi) is 3.81. The van der Waals surface area contributed by atoms with E-state index in [1.807, 2.05) is 0 Å². The summed E-state index contributed by atoms with van der Waals surface area (Å²) in [6, 6.07) is 2.73. The third-order valence-corrected chi connectivity index (χ3v) is 2.64. The van der Waals surface area contributed by atoms with Gasteiger partial charge >= 0.3 is 11.9 Å². The summed E-state index contributed by atoms with van der Waals surface area (Å²) >= 11 is 0. The second-order valence-electron chi connectivity index (χ2n) is 4.80. The van der Waals surface area contributed by atoms with Gasteiger partial charge in [-0.25, -0.2) is 14.0 Å². The highest BCUT2D eigenvalue weighted by molar-refractivity contribution is 6.15. The van der Waals surface area contributed by atoms with Crippen LogP contribution in [0.25, 0.3) is 0 Å². The highest BCUT2D eigenvalue weighted by Gasteiger charge is 2.39. The zero-order valence-electron chi connectivity index (χ0n) is 11.6. The molecule has 1 N–H and O–H groups in total. The fourth-order valence-corrected chi connectivity index (χ4v) is 1.71. The Morgan fingerprint density at radius 3 is 2.41 bits per heavy atom. The van der Waals surface area contributed by atoms with E-state index in [4.69, 9.17) is 9.47 Å². The van der Waals surface area contributed by atoms with Crippen LogP contribution >= 0.6 is 0 Å². The third kappa shape index (κ3) is 3.19. The molecule has 1 saturated heterocycles. The standard InChI is InChI=1S/C13H11FN2O6/c1-13(2)21-11(17)8(12(18)22-13)6-15-9-5-7(14)3-4-10(9)16(19)20/h3-6,15H,1-2H3. The van der Waals surface area contributed by atoms with Crippen LogP contribution in [-0.2, 0) is 19.1 Å². The molecule has 0 saturated carbocycles. The van der Waals surface area contributed by atoms with E-state index in [1.54, 1.807) is 0 Å². The van der Waals surface area contributed by atoms with Crippen LogP contribution in [0.3, 0.4) is 0 Å². The van der Waals surface area contributed by atoms with Crippen LogP contribution in [0.5, 0.6) is 0 Å². The minimum absolute atomic E-state index is 0.220. The number of halogens is 1. The maximum atomic E-state index is 13.2. The number of anilines is 1. The molecule has 0 bridgehead atoms. The van der Waals surface area contributed by atoms with Crippen LogP contribution in [-0.4, -0.2) is 22.6 Å². The summed E-state index contributed by atoms with van der Waals surface area (Å²) in [4.78, 5) is 33.5. The van der Waals surface area contributed by atoms with Crippen LogP contribution in [0.2, 0.25) is 0 Å². The zero-order valence-corrected chi connectivity index (χ0v) is 11.6. The van der Waals surface area contributed by atoms with Crippen molar-refractivity contribution in [2.45, 2.75) is 19.6 Å². The van der Waals surface area contributed by atoms with Crippen LogP contribution in [0.1, 0.15) is 13.8 Å². The normalized spacial score (nSPS) is 16.6. The van der Waals surface area contributed by atoms with E-state index in [2.05, 4.69) is 5.32 Å². The van der Waals surface area contributed by atoms with Crippen molar-refractivity contribution in [3.8, 4) is 0 Å². The molecule has 0 spiro atoms. The van der Waals surface area contributed by atoms with Crippen LogP contribution in [0, 0.1) is 15.9 Å². The number of nitrogens with one attached hydrogen (secondary N) is 1. The Morgan fingerprint density at radius 2 is 1.86 bits per heavy atom. The number of hydrogen-bond donors (Lipinski definition) is 1. The van der Waals surface area contributed by atoms with Gasteiger partial charge in [0.15, 0.2) is 5.57 Å². The Bertz CT molecular complexity index is 676. The lowest BCUT2D eigenvalue weighted by molar-refractivity contribution is -0.384. The highest BCUT2D eigenvalue weighted by Crippen LogP contribution is 2.26. The lowest BCUT2D eigenvalue weighted by atomic mass is 10.2. The first kappa shape index (κ1) is 15.4. The molecular weight excluding hydrogens is 299 g/mol. The Balaban J connectivity index is 2.29. The number of hydrogen-bond acceptors (Lipinski definition) is 7. The van der Waals surface area contributed by atoms with Gasteiger partial charge in [0.1, 0.15) is 11.5 Å². The number of carbonyl (C=O) groups is 2. The van der Waals surface area contributed by atoms with Gasteiger partial charge in [0, 0.05) is 32.2 Å². The molecule has 2 rings (SSSR count). The molecule has 0 unspecified atom stereocenters. The predicted octanol–water partition coefficient (Wildman–Crippen LogP) is 1.87. The molecular formula is C13H11FN2O6. The predicted molar refractivity (Wildman–Crippen MR) is 71.0 cm³/mol. The summed E-state index contributed by atoms with van der Waals surface area (Å²) in [5.41, 5.74) is -1.13. The molecule has 8 nitrogen and oxygen atoms in total. The molecule has 116 valence electrons. The van der Waals surface area contributed by atoms with Gasteiger partial charge in [-0.3, -0.25) is 10.1 Å². The minimum atomic E-state index is -1.39. The average molecular weight is 310 g/mol. The Hall–Kier alpha value is -2.97. The molecule has 0 aromatic heterocycles. The van der Waals surface area contributed by atoms with Crippen LogP contribution in [0.15, 0.2) is 30.0 Å². The lowest BCUT2D eigenvalue weighted by Gasteiger charge is -2.29. The molecule has 1 aliphatic rings. The van der Waals surface area contributed by atoms with Gasteiger partial charge in [-0.2, -0.15) is 0 Å². The molecule has 1 fully saturated rings. The van der Waals surface area contributed by atoms with E-state index >= 15 is 0 Å². The number of nitrogens with zero attached hydrogens (tertiary/aromatic N) is 1. The lowest BCUT2D eigenvalue weighted by Crippen LogP contribution is -2.42. The number of nitro groups is 1. The molecule has 1 aliphatic heterocycles. The maximum Gasteiger partial charge on any atom is 0.350 e. The molecule has 9 heteroatoms. The monoisotopic (exact) mass is 310 g/mol. The fraction of sp³-hybridized carbons (Fsp3) is 0.231. The third-order valence-electron chi connectivity index (χ3n) is 2.64. The van der Waals surface area contributed by atoms with Gasteiger partial charge in [0.25, 0.3) is 11.5 Å². The van der Waals surface area contributed by atoms with Gasteiger partial charge < -0.3 is 14.8 Å². The average Bonchev–Trinajstić information content (AvgIpc) is 2.35. The summed E-state index contributed by atoms with van der Waals surface area (Å²) in [5.74, 6) is -4.02. The first-order valence-electron chi connectivity index (χ1n) is 6.07. The smallest absolute Gasteiger partial charge is 0.350 e. The van der Waals surface area contributed by atoms with Gasteiger partial charge in [0.2, 0.25) is 0 Å². The van der Waals surface area contributed by atoms with Crippen molar-refractivity contribution in [3.63, 3.8) is 0 Å². The first-order chi connectivity index (χ1) is 10.2. The molecule has 0 aliphatic carbocycles. The number of ether oxygens (including phenoxy) is 2. The van der Waals surface area contributed by atoms with Crippen molar-refractivity contribution >= 4 is 23.3 Å². The van der Waals surface area contributed by atoms with E-state index in [1.165, 1.54) is 13.8 Å². The summed E-state index contributed by atoms with van der Waals surface area (Å²) < 4.78 is 22.9. The molecule has 1 aromatic carbocycles.